The van der Waals surface area contributed by atoms with Crippen LogP contribution in [0, 0.1) is 5.92 Å². The van der Waals surface area contributed by atoms with Gasteiger partial charge in [0.25, 0.3) is 0 Å². The molecule has 0 saturated heterocycles. The van der Waals surface area contributed by atoms with Crippen LogP contribution in [-0.4, -0.2) is 33.6 Å². The minimum Gasteiger partial charge on any atom is -0.396 e. The molecule has 2 atom stereocenters. The van der Waals surface area contributed by atoms with Crippen molar-refractivity contribution in [2.24, 2.45) is 13.0 Å². The maximum Gasteiger partial charge on any atom is 0.320 e. The van der Waals surface area contributed by atoms with Crippen LogP contribution < -0.4 is 10.6 Å². The van der Waals surface area contributed by atoms with Gasteiger partial charge in [-0.1, -0.05) is 19.3 Å². The fourth-order valence-electron chi connectivity index (χ4n) is 3.45. The zero-order valence-corrected chi connectivity index (χ0v) is 13.2. The largest absolute Gasteiger partial charge is 0.396 e. The molecule has 122 valence electrons. The standard InChI is InChI=1S/C16H26N4O2/c1-20-15(9-14(19-20)11-6-4-7-11)18-16(22)17-13-8-3-2-5-12(13)10-21/h9,11-13,21H,2-8,10H2,1H3,(H2,17,18,22). The summed E-state index contributed by atoms with van der Waals surface area (Å²) < 4.78 is 1.73. The smallest absolute Gasteiger partial charge is 0.320 e. The topological polar surface area (TPSA) is 79.2 Å². The SMILES string of the molecule is Cn1nc(C2CCC2)cc1NC(=O)NC1CCCCC1CO. The van der Waals surface area contributed by atoms with Gasteiger partial charge < -0.3 is 10.4 Å². The third kappa shape index (κ3) is 3.27. The first kappa shape index (κ1) is 15.3. The van der Waals surface area contributed by atoms with Crippen molar-refractivity contribution in [1.29, 1.82) is 0 Å². The molecule has 3 rings (SSSR count). The van der Waals surface area contributed by atoms with Crippen molar-refractivity contribution >= 4 is 11.8 Å². The molecule has 2 saturated carbocycles. The van der Waals surface area contributed by atoms with Gasteiger partial charge in [0.05, 0.1) is 5.69 Å². The Bertz CT molecular complexity index is 524. The fourth-order valence-corrected chi connectivity index (χ4v) is 3.45. The third-order valence-electron chi connectivity index (χ3n) is 5.12. The molecule has 0 aliphatic heterocycles. The number of hydrogen-bond donors (Lipinski definition) is 3. The molecule has 0 bridgehead atoms. The molecule has 0 aromatic carbocycles. The second kappa shape index (κ2) is 6.69. The Balaban J connectivity index is 1.58. The minimum absolute atomic E-state index is 0.0677. The van der Waals surface area contributed by atoms with Gasteiger partial charge in [0.2, 0.25) is 0 Å². The molecule has 0 spiro atoms. The first-order chi connectivity index (χ1) is 10.7. The first-order valence-corrected chi connectivity index (χ1v) is 8.39. The number of anilines is 1. The minimum atomic E-state index is -0.200. The van der Waals surface area contributed by atoms with Crippen LogP contribution in [0.15, 0.2) is 6.07 Å². The van der Waals surface area contributed by atoms with Crippen LogP contribution in [0.1, 0.15) is 56.6 Å². The monoisotopic (exact) mass is 306 g/mol. The molecule has 1 aromatic heterocycles. The van der Waals surface area contributed by atoms with Crippen LogP contribution in [0.4, 0.5) is 10.6 Å². The number of aromatic nitrogens is 2. The number of aliphatic hydroxyl groups is 1. The first-order valence-electron chi connectivity index (χ1n) is 8.39. The Morgan fingerprint density at radius 1 is 1.32 bits per heavy atom. The molecule has 1 heterocycles. The predicted octanol–water partition coefficient (Wildman–Crippen LogP) is 2.36. The van der Waals surface area contributed by atoms with Crippen LogP contribution in [0.2, 0.25) is 0 Å². The summed E-state index contributed by atoms with van der Waals surface area (Å²) in [6, 6.07) is 1.85. The molecule has 6 heteroatoms. The summed E-state index contributed by atoms with van der Waals surface area (Å²) in [6.07, 6.45) is 7.84. The summed E-state index contributed by atoms with van der Waals surface area (Å²) in [5.74, 6) is 1.47. The Morgan fingerprint density at radius 3 is 2.77 bits per heavy atom. The summed E-state index contributed by atoms with van der Waals surface area (Å²) >= 11 is 0. The lowest BCUT2D eigenvalue weighted by Gasteiger charge is -2.30. The van der Waals surface area contributed by atoms with Crippen molar-refractivity contribution in [1.82, 2.24) is 15.1 Å². The van der Waals surface area contributed by atoms with Gasteiger partial charge in [-0.25, -0.2) is 4.79 Å². The van der Waals surface area contributed by atoms with E-state index in [9.17, 15) is 9.90 Å². The molecule has 0 radical (unpaired) electrons. The van der Waals surface area contributed by atoms with Gasteiger partial charge in [0.15, 0.2) is 0 Å². The van der Waals surface area contributed by atoms with Gasteiger partial charge in [-0.3, -0.25) is 10.00 Å². The summed E-state index contributed by atoms with van der Waals surface area (Å²) in [5.41, 5.74) is 1.08. The van der Waals surface area contributed by atoms with Crippen molar-refractivity contribution in [3.63, 3.8) is 0 Å². The molecular weight excluding hydrogens is 280 g/mol. The molecule has 2 amide bonds. The highest BCUT2D eigenvalue weighted by molar-refractivity contribution is 5.88. The summed E-state index contributed by atoms with van der Waals surface area (Å²) in [6.45, 7) is 0.141. The summed E-state index contributed by atoms with van der Waals surface area (Å²) in [4.78, 5) is 12.2. The number of nitrogens with zero attached hydrogens (tertiary/aromatic N) is 2. The maximum absolute atomic E-state index is 12.2. The Hall–Kier alpha value is -1.56. The van der Waals surface area contributed by atoms with Crippen molar-refractivity contribution < 1.29 is 9.90 Å². The molecule has 3 N–H and O–H groups in total. The zero-order valence-electron chi connectivity index (χ0n) is 13.2. The average molecular weight is 306 g/mol. The van der Waals surface area contributed by atoms with E-state index in [0.717, 1.165) is 37.2 Å². The highest BCUT2D eigenvalue weighted by atomic mass is 16.3. The molecule has 22 heavy (non-hydrogen) atoms. The Kier molecular flexibility index (Phi) is 4.66. The lowest BCUT2D eigenvalue weighted by Crippen LogP contribution is -2.45. The van der Waals surface area contributed by atoms with E-state index in [1.165, 1.54) is 19.3 Å². The lowest BCUT2D eigenvalue weighted by molar-refractivity contribution is 0.156. The van der Waals surface area contributed by atoms with E-state index < -0.39 is 0 Å². The van der Waals surface area contributed by atoms with E-state index in [1.54, 1.807) is 4.68 Å². The quantitative estimate of drug-likeness (QED) is 0.799. The lowest BCUT2D eigenvalue weighted by atomic mass is 9.83. The van der Waals surface area contributed by atoms with E-state index in [0.29, 0.717) is 5.92 Å². The molecule has 2 fully saturated rings. The normalized spacial score (nSPS) is 25.5. The Labute approximate surface area is 131 Å². The van der Waals surface area contributed by atoms with E-state index in [1.807, 2.05) is 13.1 Å². The van der Waals surface area contributed by atoms with Crippen molar-refractivity contribution in [2.75, 3.05) is 11.9 Å². The van der Waals surface area contributed by atoms with E-state index in [2.05, 4.69) is 15.7 Å². The molecule has 2 aliphatic carbocycles. The number of aliphatic hydroxyl groups excluding tert-OH is 1. The summed E-state index contributed by atoms with van der Waals surface area (Å²) in [7, 11) is 1.86. The molecule has 1 aromatic rings. The van der Waals surface area contributed by atoms with Crippen molar-refractivity contribution in [2.45, 2.75) is 56.9 Å². The van der Waals surface area contributed by atoms with Gasteiger partial charge in [-0.2, -0.15) is 5.10 Å². The van der Waals surface area contributed by atoms with E-state index in [4.69, 9.17) is 0 Å². The second-order valence-corrected chi connectivity index (χ2v) is 6.64. The predicted molar refractivity (Wildman–Crippen MR) is 84.8 cm³/mol. The molecule has 2 aliphatic rings. The Morgan fingerprint density at radius 2 is 2.09 bits per heavy atom. The van der Waals surface area contributed by atoms with Gasteiger partial charge in [0, 0.05) is 37.6 Å². The van der Waals surface area contributed by atoms with Gasteiger partial charge >= 0.3 is 6.03 Å². The van der Waals surface area contributed by atoms with Gasteiger partial charge in [-0.15, -0.1) is 0 Å². The van der Waals surface area contributed by atoms with E-state index >= 15 is 0 Å². The third-order valence-corrected chi connectivity index (χ3v) is 5.12. The van der Waals surface area contributed by atoms with Gasteiger partial charge in [0.1, 0.15) is 5.82 Å². The van der Waals surface area contributed by atoms with Crippen LogP contribution >= 0.6 is 0 Å². The molecular formula is C16H26N4O2. The number of amides is 2. The van der Waals surface area contributed by atoms with Crippen LogP contribution in [-0.2, 0) is 7.05 Å². The van der Waals surface area contributed by atoms with Crippen LogP contribution in [0.5, 0.6) is 0 Å². The van der Waals surface area contributed by atoms with Crippen LogP contribution in [0.25, 0.3) is 0 Å². The van der Waals surface area contributed by atoms with Crippen LogP contribution in [0.3, 0.4) is 0 Å². The summed E-state index contributed by atoms with van der Waals surface area (Å²) in [5, 5.41) is 19.8. The maximum atomic E-state index is 12.2. The zero-order chi connectivity index (χ0) is 15.5. The van der Waals surface area contributed by atoms with E-state index in [-0.39, 0.29) is 24.6 Å². The number of aryl methyl sites for hydroxylation is 1. The van der Waals surface area contributed by atoms with Crippen molar-refractivity contribution in [3.8, 4) is 0 Å². The fraction of sp³-hybridized carbons (Fsp3) is 0.750. The highest BCUT2D eigenvalue weighted by Gasteiger charge is 2.27. The number of hydrogen-bond acceptors (Lipinski definition) is 3. The highest BCUT2D eigenvalue weighted by Crippen LogP contribution is 2.36. The van der Waals surface area contributed by atoms with Gasteiger partial charge in [-0.05, 0) is 25.7 Å². The number of carbonyl (C=O) groups excluding carboxylic acids is 1. The molecule has 2 unspecified atom stereocenters. The molecule has 6 nitrogen and oxygen atoms in total. The number of nitrogens with one attached hydrogen (secondary N) is 2. The second-order valence-electron chi connectivity index (χ2n) is 6.64. The number of carbonyl (C=O) groups is 1. The average Bonchev–Trinajstić information content (AvgIpc) is 2.78. The number of rotatable bonds is 4. The van der Waals surface area contributed by atoms with Crippen molar-refractivity contribution in [3.05, 3.63) is 11.8 Å². The number of urea groups is 1.